The van der Waals surface area contributed by atoms with Gasteiger partial charge in [-0.05, 0) is 68.1 Å². The first-order chi connectivity index (χ1) is 17.0. The second kappa shape index (κ2) is 11.5. The first-order valence-corrected chi connectivity index (χ1v) is 12.0. The highest BCUT2D eigenvalue weighted by molar-refractivity contribution is 5.77. The van der Waals surface area contributed by atoms with Gasteiger partial charge in [-0.1, -0.05) is 19.1 Å². The van der Waals surface area contributed by atoms with Crippen LogP contribution in [0.5, 0.6) is 11.6 Å². The Bertz CT molecular complexity index is 1140. The van der Waals surface area contributed by atoms with Crippen molar-refractivity contribution in [1.29, 1.82) is 0 Å². The molecule has 1 aromatic heterocycles. The van der Waals surface area contributed by atoms with Gasteiger partial charge in [0.15, 0.2) is 0 Å². The molecule has 4 rings (SSSR count). The highest BCUT2D eigenvalue weighted by Gasteiger charge is 2.27. The first kappa shape index (κ1) is 24.9. The number of carbonyl (C=O) groups is 1. The Labute approximate surface area is 205 Å². The Hall–Kier alpha value is -3.23. The Morgan fingerprint density at radius 2 is 2.06 bits per heavy atom. The van der Waals surface area contributed by atoms with E-state index in [1.807, 2.05) is 38.1 Å². The van der Waals surface area contributed by atoms with Gasteiger partial charge in [0, 0.05) is 20.3 Å². The number of halogens is 1. The van der Waals surface area contributed by atoms with Gasteiger partial charge >= 0.3 is 0 Å². The summed E-state index contributed by atoms with van der Waals surface area (Å²) in [5, 5.41) is 4.81. The van der Waals surface area contributed by atoms with Gasteiger partial charge in [0.1, 0.15) is 18.2 Å². The lowest BCUT2D eigenvalue weighted by molar-refractivity contribution is -0.137. The van der Waals surface area contributed by atoms with E-state index in [9.17, 15) is 9.18 Å². The van der Waals surface area contributed by atoms with Crippen molar-refractivity contribution in [3.8, 4) is 17.3 Å². The Balaban J connectivity index is 1.76. The van der Waals surface area contributed by atoms with Crippen LogP contribution in [0.2, 0.25) is 0 Å². The van der Waals surface area contributed by atoms with Crippen LogP contribution in [-0.4, -0.2) is 53.6 Å². The minimum absolute atomic E-state index is 0.00540. The molecule has 7 nitrogen and oxygen atoms in total. The number of methoxy groups -OCH3 is 1. The average Bonchev–Trinajstić information content (AvgIpc) is 3.48. The number of rotatable bonds is 10. The number of hydrogen-bond acceptors (Lipinski definition) is 5. The topological polar surface area (TPSA) is 65.8 Å². The maximum absolute atomic E-state index is 13.6. The summed E-state index contributed by atoms with van der Waals surface area (Å²) in [5.74, 6) is 0.708. The van der Waals surface area contributed by atoms with Crippen LogP contribution in [0.3, 0.4) is 0 Å². The summed E-state index contributed by atoms with van der Waals surface area (Å²) in [6.45, 7) is 5.47. The van der Waals surface area contributed by atoms with E-state index in [1.54, 1.807) is 21.7 Å². The zero-order chi connectivity index (χ0) is 24.8. The van der Waals surface area contributed by atoms with E-state index in [1.165, 1.54) is 19.2 Å². The first-order valence-electron chi connectivity index (χ1n) is 12.0. The molecule has 1 atom stereocenters. The normalized spacial score (nSPS) is 15.4. The van der Waals surface area contributed by atoms with Gasteiger partial charge in [0.2, 0.25) is 11.8 Å². The summed E-state index contributed by atoms with van der Waals surface area (Å²) in [7, 11) is 1.51. The molecule has 0 saturated carbocycles. The fraction of sp³-hybridized carbons (Fsp3) is 0.407. The fourth-order valence-electron chi connectivity index (χ4n) is 4.27. The fourth-order valence-corrected chi connectivity index (χ4v) is 4.27. The molecule has 0 radical (unpaired) electrons. The number of ether oxygens (including phenoxy) is 3. The molecule has 1 amide bonds. The van der Waals surface area contributed by atoms with E-state index in [0.717, 1.165) is 29.7 Å². The molecule has 1 aliphatic rings. The van der Waals surface area contributed by atoms with Crippen LogP contribution in [0, 0.1) is 12.7 Å². The lowest BCUT2D eigenvalue weighted by Gasteiger charge is -2.26. The minimum Gasteiger partial charge on any atom is -0.439 e. The predicted octanol–water partition coefficient (Wildman–Crippen LogP) is 4.83. The van der Waals surface area contributed by atoms with Crippen molar-refractivity contribution < 1.29 is 23.4 Å². The van der Waals surface area contributed by atoms with E-state index >= 15 is 0 Å². The molecule has 35 heavy (non-hydrogen) atoms. The molecule has 8 heteroatoms. The molecule has 0 bridgehead atoms. The van der Waals surface area contributed by atoms with E-state index in [0.29, 0.717) is 43.4 Å². The standard InChI is InChI=1S/C27H32FN3O4/c1-4-25-24(17-30(26(32)18-33-3)16-23-9-6-14-34-23)27(35-22-8-5-7-19(2)15-22)31(29-25)21-12-10-20(28)11-13-21/h5,7-8,10-13,15,23H,4,6,9,14,16-18H2,1-3H3/t23-/m1/s1. The van der Waals surface area contributed by atoms with E-state index in [2.05, 4.69) is 0 Å². The lowest BCUT2D eigenvalue weighted by atomic mass is 10.1. The van der Waals surface area contributed by atoms with Gasteiger partial charge in [-0.3, -0.25) is 4.79 Å². The molecule has 0 spiro atoms. The molecule has 2 aromatic carbocycles. The third kappa shape index (κ3) is 6.07. The molecule has 0 unspecified atom stereocenters. The van der Waals surface area contributed by atoms with Crippen molar-refractivity contribution in [2.75, 3.05) is 26.9 Å². The van der Waals surface area contributed by atoms with Gasteiger partial charge in [0.25, 0.3) is 0 Å². The zero-order valence-corrected chi connectivity index (χ0v) is 20.5. The van der Waals surface area contributed by atoms with Gasteiger partial charge < -0.3 is 19.1 Å². The third-order valence-electron chi connectivity index (χ3n) is 6.05. The highest BCUT2D eigenvalue weighted by atomic mass is 19.1. The lowest BCUT2D eigenvalue weighted by Crippen LogP contribution is -2.39. The Morgan fingerprint density at radius 1 is 1.26 bits per heavy atom. The van der Waals surface area contributed by atoms with Crippen LogP contribution in [0.25, 0.3) is 5.69 Å². The number of amides is 1. The second-order valence-corrected chi connectivity index (χ2v) is 8.73. The maximum Gasteiger partial charge on any atom is 0.248 e. The van der Waals surface area contributed by atoms with Crippen LogP contribution in [-0.2, 0) is 27.2 Å². The summed E-state index contributed by atoms with van der Waals surface area (Å²) in [5.41, 5.74) is 3.34. The number of hydrogen-bond donors (Lipinski definition) is 0. The number of benzene rings is 2. The largest absolute Gasteiger partial charge is 0.439 e. The van der Waals surface area contributed by atoms with E-state index in [4.69, 9.17) is 19.3 Å². The number of aromatic nitrogens is 2. The van der Waals surface area contributed by atoms with Gasteiger partial charge in [-0.2, -0.15) is 5.10 Å². The van der Waals surface area contributed by atoms with Crippen LogP contribution in [0.15, 0.2) is 48.5 Å². The predicted molar refractivity (Wildman–Crippen MR) is 130 cm³/mol. The van der Waals surface area contributed by atoms with Crippen molar-refractivity contribution in [3.05, 3.63) is 71.2 Å². The van der Waals surface area contributed by atoms with Crippen molar-refractivity contribution in [3.63, 3.8) is 0 Å². The molecule has 186 valence electrons. The van der Waals surface area contributed by atoms with Crippen LogP contribution in [0.1, 0.15) is 36.6 Å². The third-order valence-corrected chi connectivity index (χ3v) is 6.05. The van der Waals surface area contributed by atoms with Crippen molar-refractivity contribution >= 4 is 5.91 Å². The van der Waals surface area contributed by atoms with Crippen LogP contribution in [0.4, 0.5) is 4.39 Å². The van der Waals surface area contributed by atoms with E-state index < -0.39 is 0 Å². The van der Waals surface area contributed by atoms with Gasteiger partial charge in [0.05, 0.1) is 29.6 Å². The molecular formula is C27H32FN3O4. The average molecular weight is 482 g/mol. The smallest absolute Gasteiger partial charge is 0.248 e. The molecule has 1 saturated heterocycles. The SMILES string of the molecule is CCc1nn(-c2ccc(F)cc2)c(Oc2cccc(C)c2)c1CN(C[C@H]1CCCO1)C(=O)COC. The quantitative estimate of drug-likeness (QED) is 0.415. The monoisotopic (exact) mass is 481 g/mol. The number of aryl methyl sites for hydroxylation is 2. The Morgan fingerprint density at radius 3 is 2.71 bits per heavy atom. The van der Waals surface area contributed by atoms with Crippen molar-refractivity contribution in [2.45, 2.75) is 45.8 Å². The number of nitrogens with zero attached hydrogens (tertiary/aromatic N) is 3. The summed E-state index contributed by atoms with van der Waals surface area (Å²) in [6.07, 6.45) is 2.54. The molecule has 2 heterocycles. The van der Waals surface area contributed by atoms with Gasteiger partial charge in [-0.25, -0.2) is 9.07 Å². The Kier molecular flexibility index (Phi) is 8.15. The maximum atomic E-state index is 13.6. The van der Waals surface area contributed by atoms with Crippen LogP contribution >= 0.6 is 0 Å². The zero-order valence-electron chi connectivity index (χ0n) is 20.5. The summed E-state index contributed by atoms with van der Waals surface area (Å²) in [4.78, 5) is 14.8. The number of carbonyl (C=O) groups excluding carboxylic acids is 1. The highest BCUT2D eigenvalue weighted by Crippen LogP contribution is 2.33. The van der Waals surface area contributed by atoms with Crippen molar-refractivity contribution in [1.82, 2.24) is 14.7 Å². The molecule has 0 aliphatic carbocycles. The molecular weight excluding hydrogens is 449 g/mol. The second-order valence-electron chi connectivity index (χ2n) is 8.73. The summed E-state index contributed by atoms with van der Waals surface area (Å²) < 4.78 is 32.7. The van der Waals surface area contributed by atoms with E-state index in [-0.39, 0.29) is 24.4 Å². The molecule has 3 aromatic rings. The van der Waals surface area contributed by atoms with Crippen LogP contribution < -0.4 is 4.74 Å². The van der Waals surface area contributed by atoms with Crippen molar-refractivity contribution in [2.24, 2.45) is 0 Å². The summed E-state index contributed by atoms with van der Waals surface area (Å²) >= 11 is 0. The molecule has 1 fully saturated rings. The molecule has 0 N–H and O–H groups in total. The van der Waals surface area contributed by atoms with Gasteiger partial charge in [-0.15, -0.1) is 0 Å². The molecule has 1 aliphatic heterocycles. The summed E-state index contributed by atoms with van der Waals surface area (Å²) in [6, 6.07) is 13.9. The minimum atomic E-state index is -0.328.